The van der Waals surface area contributed by atoms with Crippen molar-refractivity contribution < 1.29 is 0 Å². The molecule has 0 radical (unpaired) electrons. The Bertz CT molecular complexity index is 272. The fourth-order valence-electron chi connectivity index (χ4n) is 1.56. The summed E-state index contributed by atoms with van der Waals surface area (Å²) in [5.74, 6) is 5.35. The third-order valence-corrected chi connectivity index (χ3v) is 2.25. The number of benzene rings is 1. The molecule has 1 heterocycles. The molecule has 0 amide bonds. The number of rotatable bonds is 1. The Labute approximate surface area is 71.9 Å². The highest BCUT2D eigenvalue weighted by molar-refractivity contribution is 5.53. The Balaban J connectivity index is 2.23. The highest BCUT2D eigenvalue weighted by Gasteiger charge is 2.14. The van der Waals surface area contributed by atoms with Crippen LogP contribution in [-0.2, 0) is 6.42 Å². The van der Waals surface area contributed by atoms with Gasteiger partial charge in [0, 0.05) is 5.69 Å². The van der Waals surface area contributed by atoms with E-state index in [1.807, 2.05) is 6.07 Å². The quantitative estimate of drug-likeness (QED) is 0.424. The number of nitrogens with one attached hydrogen (secondary N) is 2. The van der Waals surface area contributed by atoms with E-state index in [-0.39, 0.29) is 6.17 Å². The van der Waals surface area contributed by atoms with E-state index in [0.717, 1.165) is 12.8 Å². The number of nitrogens with two attached hydrogens (primary N) is 1. The summed E-state index contributed by atoms with van der Waals surface area (Å²) in [5, 5.41) is 3.31. The minimum absolute atomic E-state index is 0.222. The lowest BCUT2D eigenvalue weighted by Crippen LogP contribution is -2.43. The number of hydrogen-bond acceptors (Lipinski definition) is 3. The summed E-state index contributed by atoms with van der Waals surface area (Å²) < 4.78 is 0. The second kappa shape index (κ2) is 3.13. The third kappa shape index (κ3) is 1.29. The van der Waals surface area contributed by atoms with Crippen LogP contribution in [0.1, 0.15) is 12.0 Å². The van der Waals surface area contributed by atoms with E-state index >= 15 is 0 Å². The van der Waals surface area contributed by atoms with Gasteiger partial charge in [-0.2, -0.15) is 0 Å². The number of hydrazine groups is 1. The van der Waals surface area contributed by atoms with E-state index in [2.05, 4.69) is 28.9 Å². The first-order valence-corrected chi connectivity index (χ1v) is 4.21. The minimum Gasteiger partial charge on any atom is -0.369 e. The Kier molecular flexibility index (Phi) is 1.98. The normalized spacial score (nSPS) is 21.2. The molecule has 1 aromatic rings. The lowest BCUT2D eigenvalue weighted by Gasteiger charge is -2.25. The van der Waals surface area contributed by atoms with Crippen LogP contribution in [0.4, 0.5) is 5.69 Å². The highest BCUT2D eigenvalue weighted by atomic mass is 15.3. The average molecular weight is 163 g/mol. The lowest BCUT2D eigenvalue weighted by molar-refractivity contribution is 0.530. The van der Waals surface area contributed by atoms with Crippen molar-refractivity contribution in [3.63, 3.8) is 0 Å². The molecule has 2 rings (SSSR count). The van der Waals surface area contributed by atoms with Crippen LogP contribution >= 0.6 is 0 Å². The van der Waals surface area contributed by atoms with Crippen LogP contribution in [0.3, 0.4) is 0 Å². The van der Waals surface area contributed by atoms with Gasteiger partial charge in [0.25, 0.3) is 0 Å². The fraction of sp³-hybridized carbons (Fsp3) is 0.333. The van der Waals surface area contributed by atoms with Crippen LogP contribution in [0.25, 0.3) is 0 Å². The van der Waals surface area contributed by atoms with E-state index in [0.29, 0.717) is 0 Å². The topological polar surface area (TPSA) is 50.1 Å². The molecule has 0 unspecified atom stereocenters. The molecule has 0 bridgehead atoms. The van der Waals surface area contributed by atoms with Crippen molar-refractivity contribution in [1.82, 2.24) is 5.43 Å². The minimum atomic E-state index is 0.222. The maximum absolute atomic E-state index is 5.35. The first-order valence-electron chi connectivity index (χ1n) is 4.21. The smallest absolute Gasteiger partial charge is 0.0896 e. The van der Waals surface area contributed by atoms with Crippen LogP contribution < -0.4 is 16.6 Å². The zero-order valence-electron chi connectivity index (χ0n) is 6.88. The summed E-state index contributed by atoms with van der Waals surface area (Å²) in [6.45, 7) is 0. The van der Waals surface area contributed by atoms with Crippen molar-refractivity contribution in [3.05, 3.63) is 29.8 Å². The second-order valence-corrected chi connectivity index (χ2v) is 3.06. The molecule has 0 aliphatic carbocycles. The molecule has 1 atom stereocenters. The van der Waals surface area contributed by atoms with Crippen molar-refractivity contribution >= 4 is 5.69 Å². The molecule has 1 aromatic carbocycles. The maximum atomic E-state index is 5.35. The predicted octanol–water partition coefficient (Wildman–Crippen LogP) is 0.834. The largest absolute Gasteiger partial charge is 0.369 e. The Morgan fingerprint density at radius 2 is 2.25 bits per heavy atom. The molecule has 3 nitrogen and oxygen atoms in total. The molecule has 0 spiro atoms. The van der Waals surface area contributed by atoms with Crippen LogP contribution in [-0.4, -0.2) is 6.17 Å². The molecular formula is C9H13N3. The molecule has 1 aliphatic rings. The number of para-hydroxylation sites is 1. The van der Waals surface area contributed by atoms with Crippen molar-refractivity contribution in [2.24, 2.45) is 5.84 Å². The van der Waals surface area contributed by atoms with Crippen LogP contribution in [0.2, 0.25) is 0 Å². The molecule has 1 aliphatic heterocycles. The van der Waals surface area contributed by atoms with Gasteiger partial charge in [0.05, 0.1) is 6.17 Å². The van der Waals surface area contributed by atoms with E-state index < -0.39 is 0 Å². The van der Waals surface area contributed by atoms with Crippen molar-refractivity contribution in [2.45, 2.75) is 19.0 Å². The predicted molar refractivity (Wildman–Crippen MR) is 49.5 cm³/mol. The van der Waals surface area contributed by atoms with Gasteiger partial charge in [0.15, 0.2) is 0 Å². The first kappa shape index (κ1) is 7.58. The van der Waals surface area contributed by atoms with Crippen LogP contribution in [0.5, 0.6) is 0 Å². The lowest BCUT2D eigenvalue weighted by atomic mass is 10.0. The third-order valence-electron chi connectivity index (χ3n) is 2.25. The summed E-state index contributed by atoms with van der Waals surface area (Å²) in [6, 6.07) is 8.33. The Morgan fingerprint density at radius 3 is 3.08 bits per heavy atom. The van der Waals surface area contributed by atoms with Crippen molar-refractivity contribution in [1.29, 1.82) is 0 Å². The van der Waals surface area contributed by atoms with Gasteiger partial charge in [0.1, 0.15) is 0 Å². The van der Waals surface area contributed by atoms with Gasteiger partial charge in [0.2, 0.25) is 0 Å². The van der Waals surface area contributed by atoms with E-state index in [9.17, 15) is 0 Å². The van der Waals surface area contributed by atoms with Gasteiger partial charge in [-0.1, -0.05) is 18.2 Å². The van der Waals surface area contributed by atoms with E-state index in [1.165, 1.54) is 11.3 Å². The number of fused-ring (bicyclic) bond motifs is 1. The molecule has 0 saturated heterocycles. The maximum Gasteiger partial charge on any atom is 0.0896 e. The summed E-state index contributed by atoms with van der Waals surface area (Å²) in [4.78, 5) is 0. The molecule has 0 fully saturated rings. The number of anilines is 1. The Hall–Kier alpha value is -1.06. The van der Waals surface area contributed by atoms with Gasteiger partial charge in [-0.25, -0.2) is 5.43 Å². The number of hydrogen-bond donors (Lipinski definition) is 3. The monoisotopic (exact) mass is 163 g/mol. The summed E-state index contributed by atoms with van der Waals surface area (Å²) in [5.41, 5.74) is 5.31. The fourth-order valence-corrected chi connectivity index (χ4v) is 1.56. The van der Waals surface area contributed by atoms with Gasteiger partial charge >= 0.3 is 0 Å². The SMILES string of the molecule is NN[C@H]1CCc2ccccc2N1. The first-order chi connectivity index (χ1) is 5.90. The van der Waals surface area contributed by atoms with Gasteiger partial charge in [-0.3, -0.25) is 5.84 Å². The molecule has 0 aromatic heterocycles. The van der Waals surface area contributed by atoms with Gasteiger partial charge < -0.3 is 5.32 Å². The highest BCUT2D eigenvalue weighted by Crippen LogP contribution is 2.22. The summed E-state index contributed by atoms with van der Waals surface area (Å²) in [6.07, 6.45) is 2.37. The summed E-state index contributed by atoms with van der Waals surface area (Å²) >= 11 is 0. The molecule has 0 saturated carbocycles. The molecule has 64 valence electrons. The van der Waals surface area contributed by atoms with Crippen molar-refractivity contribution in [3.8, 4) is 0 Å². The molecule has 12 heavy (non-hydrogen) atoms. The zero-order valence-corrected chi connectivity index (χ0v) is 6.88. The summed E-state index contributed by atoms with van der Waals surface area (Å²) in [7, 11) is 0. The van der Waals surface area contributed by atoms with Gasteiger partial charge in [-0.05, 0) is 24.5 Å². The zero-order chi connectivity index (χ0) is 8.39. The molecular weight excluding hydrogens is 150 g/mol. The standard InChI is InChI=1S/C9H13N3/c10-12-9-6-5-7-3-1-2-4-8(7)11-9/h1-4,9,11-12H,5-6,10H2/t9-/m0/s1. The Morgan fingerprint density at radius 1 is 1.42 bits per heavy atom. The van der Waals surface area contributed by atoms with Crippen LogP contribution in [0, 0.1) is 0 Å². The van der Waals surface area contributed by atoms with E-state index in [4.69, 9.17) is 5.84 Å². The van der Waals surface area contributed by atoms with Crippen LogP contribution in [0.15, 0.2) is 24.3 Å². The van der Waals surface area contributed by atoms with Gasteiger partial charge in [-0.15, -0.1) is 0 Å². The number of aryl methyl sites for hydroxylation is 1. The van der Waals surface area contributed by atoms with Crippen molar-refractivity contribution in [2.75, 3.05) is 5.32 Å². The second-order valence-electron chi connectivity index (χ2n) is 3.06. The molecule has 4 N–H and O–H groups in total. The van der Waals surface area contributed by atoms with E-state index in [1.54, 1.807) is 0 Å². The molecule has 3 heteroatoms. The average Bonchev–Trinajstić information content (AvgIpc) is 2.17.